The second-order valence-corrected chi connectivity index (χ2v) is 5.92. The molecule has 1 aliphatic heterocycles. The van der Waals surface area contributed by atoms with E-state index in [0.29, 0.717) is 6.54 Å². The highest BCUT2D eigenvalue weighted by atomic mass is 16.2. The third kappa shape index (κ3) is 2.65. The van der Waals surface area contributed by atoms with Crippen molar-refractivity contribution in [3.05, 3.63) is 96.1 Å². The van der Waals surface area contributed by atoms with E-state index in [1.165, 1.54) is 0 Å². The van der Waals surface area contributed by atoms with Gasteiger partial charge in [0, 0.05) is 0 Å². The minimum Gasteiger partial charge on any atom is -0.368 e. The molecule has 3 heteroatoms. The third-order valence-corrected chi connectivity index (χ3v) is 4.32. The Morgan fingerprint density at radius 3 is 2.17 bits per heavy atom. The van der Waals surface area contributed by atoms with Crippen LogP contribution in [0, 0.1) is 0 Å². The van der Waals surface area contributed by atoms with Crippen LogP contribution in [0.1, 0.15) is 17.2 Å². The van der Waals surface area contributed by atoms with Crippen LogP contribution >= 0.6 is 0 Å². The van der Waals surface area contributed by atoms with Crippen molar-refractivity contribution in [2.75, 3.05) is 10.2 Å². The number of nitrogens with one attached hydrogen (secondary N) is 1. The van der Waals surface area contributed by atoms with Crippen molar-refractivity contribution < 1.29 is 4.79 Å². The van der Waals surface area contributed by atoms with Crippen LogP contribution in [-0.2, 0) is 11.3 Å². The Morgan fingerprint density at radius 1 is 0.792 bits per heavy atom. The van der Waals surface area contributed by atoms with E-state index in [4.69, 9.17) is 0 Å². The van der Waals surface area contributed by atoms with Gasteiger partial charge in [-0.15, -0.1) is 0 Å². The van der Waals surface area contributed by atoms with Gasteiger partial charge in [0.05, 0.1) is 17.9 Å². The van der Waals surface area contributed by atoms with Crippen LogP contribution in [0.15, 0.2) is 84.9 Å². The first-order chi connectivity index (χ1) is 11.8. The normalized spacial score (nSPS) is 16.4. The number of anilines is 2. The summed E-state index contributed by atoms with van der Waals surface area (Å²) in [7, 11) is 0. The molecule has 3 aromatic rings. The summed E-state index contributed by atoms with van der Waals surface area (Å²) < 4.78 is 0. The van der Waals surface area contributed by atoms with Crippen LogP contribution in [0.5, 0.6) is 0 Å². The molecule has 3 nitrogen and oxygen atoms in total. The lowest BCUT2D eigenvalue weighted by Crippen LogP contribution is -2.41. The predicted molar refractivity (Wildman–Crippen MR) is 96.9 cm³/mol. The Bertz CT molecular complexity index is 846. The number of amides is 1. The fraction of sp³-hybridized carbons (Fsp3) is 0.0952. The van der Waals surface area contributed by atoms with Gasteiger partial charge in [0.1, 0.15) is 6.04 Å². The summed E-state index contributed by atoms with van der Waals surface area (Å²) in [5.74, 6) is 0.0729. The third-order valence-electron chi connectivity index (χ3n) is 4.32. The van der Waals surface area contributed by atoms with Gasteiger partial charge in [-0.05, 0) is 23.3 Å². The number of carbonyl (C=O) groups excluding carboxylic acids is 1. The lowest BCUT2D eigenvalue weighted by atomic mass is 10.0. The quantitative estimate of drug-likeness (QED) is 0.778. The minimum absolute atomic E-state index is 0.0729. The van der Waals surface area contributed by atoms with Crippen LogP contribution in [-0.4, -0.2) is 5.91 Å². The van der Waals surface area contributed by atoms with Crippen LogP contribution in [0.4, 0.5) is 11.4 Å². The number of fused-ring (bicyclic) bond motifs is 1. The van der Waals surface area contributed by atoms with Gasteiger partial charge in [-0.3, -0.25) is 4.79 Å². The van der Waals surface area contributed by atoms with E-state index in [0.717, 1.165) is 22.5 Å². The van der Waals surface area contributed by atoms with Crippen LogP contribution in [0.2, 0.25) is 0 Å². The van der Waals surface area contributed by atoms with E-state index >= 15 is 0 Å². The summed E-state index contributed by atoms with van der Waals surface area (Å²) in [6, 6.07) is 27.6. The Kier molecular flexibility index (Phi) is 3.75. The number of nitrogens with zero attached hydrogens (tertiary/aromatic N) is 1. The molecule has 1 unspecified atom stereocenters. The fourth-order valence-corrected chi connectivity index (χ4v) is 3.12. The molecule has 4 rings (SSSR count). The van der Waals surface area contributed by atoms with Crippen molar-refractivity contribution >= 4 is 17.3 Å². The van der Waals surface area contributed by atoms with E-state index in [2.05, 4.69) is 17.4 Å². The molecule has 0 saturated carbocycles. The predicted octanol–water partition coefficient (Wildman–Crippen LogP) is 4.39. The van der Waals surface area contributed by atoms with E-state index in [1.807, 2.05) is 77.7 Å². The van der Waals surface area contributed by atoms with Gasteiger partial charge in [-0.1, -0.05) is 72.8 Å². The smallest absolute Gasteiger partial charge is 0.254 e. The maximum Gasteiger partial charge on any atom is 0.254 e. The lowest BCUT2D eigenvalue weighted by molar-refractivity contribution is -0.119. The molecule has 1 heterocycles. The summed E-state index contributed by atoms with van der Waals surface area (Å²) in [5, 5.41) is 3.39. The zero-order valence-electron chi connectivity index (χ0n) is 13.2. The highest BCUT2D eigenvalue weighted by Gasteiger charge is 2.33. The largest absolute Gasteiger partial charge is 0.368 e. The van der Waals surface area contributed by atoms with E-state index in [-0.39, 0.29) is 11.9 Å². The lowest BCUT2D eigenvalue weighted by Gasteiger charge is -2.35. The maximum atomic E-state index is 13.2. The molecule has 1 N–H and O–H groups in total. The molecule has 0 radical (unpaired) electrons. The Hall–Kier alpha value is -3.07. The highest BCUT2D eigenvalue weighted by molar-refractivity contribution is 6.05. The average Bonchev–Trinajstić information content (AvgIpc) is 2.65. The molecule has 1 atom stereocenters. The van der Waals surface area contributed by atoms with Gasteiger partial charge in [0.15, 0.2) is 0 Å². The molecule has 3 aromatic carbocycles. The molecule has 24 heavy (non-hydrogen) atoms. The number of hydrogen-bond acceptors (Lipinski definition) is 2. The van der Waals surface area contributed by atoms with Crippen molar-refractivity contribution in [1.29, 1.82) is 0 Å². The molecule has 0 bridgehead atoms. The standard InChI is InChI=1S/C21H18N2O/c24-21-20(17-11-5-2-6-12-17)22-18-13-7-8-14-19(18)23(21)15-16-9-3-1-4-10-16/h1-14,20,22H,15H2. The van der Waals surface area contributed by atoms with Crippen molar-refractivity contribution in [2.24, 2.45) is 0 Å². The maximum absolute atomic E-state index is 13.2. The first kappa shape index (κ1) is 14.5. The fourth-order valence-electron chi connectivity index (χ4n) is 3.12. The van der Waals surface area contributed by atoms with Crippen LogP contribution in [0.25, 0.3) is 0 Å². The summed E-state index contributed by atoms with van der Waals surface area (Å²) in [6.45, 7) is 0.571. The summed E-state index contributed by atoms with van der Waals surface area (Å²) in [4.78, 5) is 15.0. The number of para-hydroxylation sites is 2. The number of carbonyl (C=O) groups is 1. The van der Waals surface area contributed by atoms with Gasteiger partial charge < -0.3 is 10.2 Å². The molecule has 0 spiro atoms. The van der Waals surface area contributed by atoms with E-state index < -0.39 is 0 Å². The number of rotatable bonds is 3. The summed E-state index contributed by atoms with van der Waals surface area (Å²) >= 11 is 0. The molecule has 0 aromatic heterocycles. The Morgan fingerprint density at radius 2 is 1.42 bits per heavy atom. The monoisotopic (exact) mass is 314 g/mol. The molecule has 0 aliphatic carbocycles. The van der Waals surface area contributed by atoms with E-state index in [9.17, 15) is 4.79 Å². The second-order valence-electron chi connectivity index (χ2n) is 5.92. The molecular formula is C21H18N2O. The van der Waals surface area contributed by atoms with Crippen molar-refractivity contribution in [3.63, 3.8) is 0 Å². The number of hydrogen-bond donors (Lipinski definition) is 1. The first-order valence-corrected chi connectivity index (χ1v) is 8.09. The van der Waals surface area contributed by atoms with Crippen molar-refractivity contribution in [2.45, 2.75) is 12.6 Å². The van der Waals surface area contributed by atoms with E-state index in [1.54, 1.807) is 0 Å². The molecule has 1 amide bonds. The van der Waals surface area contributed by atoms with Crippen LogP contribution in [0.3, 0.4) is 0 Å². The number of benzene rings is 3. The second kappa shape index (κ2) is 6.20. The summed E-state index contributed by atoms with van der Waals surface area (Å²) in [6.07, 6.45) is 0. The first-order valence-electron chi connectivity index (χ1n) is 8.09. The topological polar surface area (TPSA) is 32.3 Å². The molecular weight excluding hydrogens is 296 g/mol. The van der Waals surface area contributed by atoms with Gasteiger partial charge >= 0.3 is 0 Å². The molecule has 1 aliphatic rings. The van der Waals surface area contributed by atoms with Gasteiger partial charge in [0.25, 0.3) is 5.91 Å². The van der Waals surface area contributed by atoms with Gasteiger partial charge in [0.2, 0.25) is 0 Å². The van der Waals surface area contributed by atoms with Crippen LogP contribution < -0.4 is 10.2 Å². The zero-order valence-corrected chi connectivity index (χ0v) is 13.2. The van der Waals surface area contributed by atoms with Crippen molar-refractivity contribution in [1.82, 2.24) is 0 Å². The minimum atomic E-state index is -0.357. The average molecular weight is 314 g/mol. The Balaban J connectivity index is 1.74. The molecule has 0 fully saturated rings. The van der Waals surface area contributed by atoms with Gasteiger partial charge in [-0.2, -0.15) is 0 Å². The Labute approximate surface area is 141 Å². The SMILES string of the molecule is O=C1C(c2ccccc2)Nc2ccccc2N1Cc1ccccc1. The summed E-state index contributed by atoms with van der Waals surface area (Å²) in [5.41, 5.74) is 4.02. The zero-order chi connectivity index (χ0) is 16.4. The molecule has 0 saturated heterocycles. The van der Waals surface area contributed by atoms with Gasteiger partial charge in [-0.25, -0.2) is 0 Å². The molecule has 118 valence electrons. The van der Waals surface area contributed by atoms with Crippen molar-refractivity contribution in [3.8, 4) is 0 Å². The highest BCUT2D eigenvalue weighted by Crippen LogP contribution is 2.37.